The van der Waals surface area contributed by atoms with Crippen molar-refractivity contribution < 1.29 is 13.5 Å². The molecule has 1 aliphatic heterocycles. The molecule has 0 bridgehead atoms. The van der Waals surface area contributed by atoms with E-state index in [9.17, 15) is 13.5 Å². The number of aliphatic hydroxyl groups is 1. The summed E-state index contributed by atoms with van der Waals surface area (Å²) in [6, 6.07) is 8.54. The highest BCUT2D eigenvalue weighted by Crippen LogP contribution is 2.24. The fourth-order valence-electron chi connectivity index (χ4n) is 2.95. The molecule has 1 aromatic rings. The largest absolute Gasteiger partial charge is 0.394 e. The van der Waals surface area contributed by atoms with Crippen molar-refractivity contribution in [1.82, 2.24) is 9.03 Å². The van der Waals surface area contributed by atoms with Gasteiger partial charge in [-0.05, 0) is 23.8 Å². The van der Waals surface area contributed by atoms with Gasteiger partial charge in [0, 0.05) is 13.1 Å². The summed E-state index contributed by atoms with van der Waals surface area (Å²) in [4.78, 5) is 0. The molecule has 1 aliphatic rings. The van der Waals surface area contributed by atoms with Gasteiger partial charge in [-0.1, -0.05) is 44.2 Å². The SMILES string of the molecule is CC1CC(C)CN(S(=O)(=O)N[C@H](CO)c2ccccc2)C1. The molecule has 0 aromatic heterocycles. The number of benzene rings is 1. The number of nitrogens with one attached hydrogen (secondary N) is 1. The topological polar surface area (TPSA) is 69.6 Å². The molecule has 1 saturated heterocycles. The summed E-state index contributed by atoms with van der Waals surface area (Å²) in [5, 5.41) is 9.50. The molecule has 2 rings (SSSR count). The Morgan fingerprint density at radius 2 is 1.81 bits per heavy atom. The summed E-state index contributed by atoms with van der Waals surface area (Å²) in [7, 11) is -3.59. The van der Waals surface area contributed by atoms with Crippen LogP contribution >= 0.6 is 0 Å². The molecule has 2 unspecified atom stereocenters. The Bertz CT molecular complexity index is 537. The molecular weight excluding hydrogens is 288 g/mol. The standard InChI is InChI=1S/C15H24N2O3S/c1-12-8-13(2)10-17(9-12)21(19,20)16-15(11-18)14-6-4-3-5-7-14/h3-7,12-13,15-16,18H,8-11H2,1-2H3/t12?,13?,15-/m1/s1. The molecule has 118 valence electrons. The zero-order chi connectivity index (χ0) is 15.5. The van der Waals surface area contributed by atoms with Crippen molar-refractivity contribution in [3.63, 3.8) is 0 Å². The average Bonchev–Trinajstić information content (AvgIpc) is 2.45. The fraction of sp³-hybridized carbons (Fsp3) is 0.600. The first kappa shape index (κ1) is 16.4. The minimum Gasteiger partial charge on any atom is -0.394 e. The summed E-state index contributed by atoms with van der Waals surface area (Å²) in [5.41, 5.74) is 0.765. The van der Waals surface area contributed by atoms with Gasteiger partial charge < -0.3 is 5.11 Å². The maximum Gasteiger partial charge on any atom is 0.280 e. The van der Waals surface area contributed by atoms with Crippen LogP contribution in [0.5, 0.6) is 0 Å². The van der Waals surface area contributed by atoms with Gasteiger partial charge in [0.1, 0.15) is 0 Å². The maximum absolute atomic E-state index is 12.5. The Morgan fingerprint density at radius 3 is 2.33 bits per heavy atom. The lowest BCUT2D eigenvalue weighted by molar-refractivity contribution is 0.214. The normalized spacial score (nSPS) is 25.7. The van der Waals surface area contributed by atoms with Gasteiger partial charge in [-0.25, -0.2) is 0 Å². The van der Waals surface area contributed by atoms with E-state index in [-0.39, 0.29) is 6.61 Å². The number of aliphatic hydroxyl groups excluding tert-OH is 1. The van der Waals surface area contributed by atoms with Crippen LogP contribution in [-0.4, -0.2) is 37.5 Å². The zero-order valence-electron chi connectivity index (χ0n) is 12.6. The lowest BCUT2D eigenvalue weighted by Gasteiger charge is -2.34. The first-order valence-corrected chi connectivity index (χ1v) is 8.79. The minimum atomic E-state index is -3.59. The molecule has 6 heteroatoms. The van der Waals surface area contributed by atoms with Gasteiger partial charge in [-0.3, -0.25) is 0 Å². The molecular formula is C15H24N2O3S. The summed E-state index contributed by atoms with van der Waals surface area (Å²) >= 11 is 0. The van der Waals surface area contributed by atoms with E-state index in [4.69, 9.17) is 0 Å². The third-order valence-corrected chi connectivity index (χ3v) is 5.41. The minimum absolute atomic E-state index is 0.262. The van der Waals surface area contributed by atoms with E-state index in [2.05, 4.69) is 18.6 Å². The van der Waals surface area contributed by atoms with Crippen LogP contribution in [0.4, 0.5) is 0 Å². The van der Waals surface area contributed by atoms with Gasteiger partial charge in [0.05, 0.1) is 12.6 Å². The van der Waals surface area contributed by atoms with Crippen molar-refractivity contribution in [3.05, 3.63) is 35.9 Å². The van der Waals surface area contributed by atoms with Crippen molar-refractivity contribution in [2.24, 2.45) is 11.8 Å². The Labute approximate surface area is 127 Å². The molecule has 0 radical (unpaired) electrons. The van der Waals surface area contributed by atoms with E-state index >= 15 is 0 Å². The van der Waals surface area contributed by atoms with Crippen molar-refractivity contribution in [2.45, 2.75) is 26.3 Å². The van der Waals surface area contributed by atoms with Gasteiger partial charge in [0.15, 0.2) is 0 Å². The quantitative estimate of drug-likeness (QED) is 0.866. The van der Waals surface area contributed by atoms with Crippen molar-refractivity contribution in [1.29, 1.82) is 0 Å². The van der Waals surface area contributed by atoms with E-state index in [0.29, 0.717) is 24.9 Å². The Balaban J connectivity index is 2.12. The second-order valence-corrected chi connectivity index (χ2v) is 7.73. The van der Waals surface area contributed by atoms with Crippen LogP contribution in [0, 0.1) is 11.8 Å². The fourth-order valence-corrected chi connectivity index (χ4v) is 4.57. The lowest BCUT2D eigenvalue weighted by atomic mass is 9.94. The van der Waals surface area contributed by atoms with E-state index < -0.39 is 16.3 Å². The van der Waals surface area contributed by atoms with Crippen LogP contribution in [-0.2, 0) is 10.2 Å². The Hall–Kier alpha value is -0.950. The highest BCUT2D eigenvalue weighted by Gasteiger charge is 2.32. The predicted molar refractivity (Wildman–Crippen MR) is 82.8 cm³/mol. The van der Waals surface area contributed by atoms with Gasteiger partial charge >= 0.3 is 0 Å². The lowest BCUT2D eigenvalue weighted by Crippen LogP contribution is -2.49. The average molecular weight is 312 g/mol. The van der Waals surface area contributed by atoms with Crippen LogP contribution in [0.25, 0.3) is 0 Å². The van der Waals surface area contributed by atoms with Crippen molar-refractivity contribution in [3.8, 4) is 0 Å². The molecule has 21 heavy (non-hydrogen) atoms. The molecule has 5 nitrogen and oxygen atoms in total. The molecule has 3 atom stereocenters. The number of hydrogen-bond donors (Lipinski definition) is 2. The molecule has 1 aromatic carbocycles. The van der Waals surface area contributed by atoms with Crippen LogP contribution in [0.3, 0.4) is 0 Å². The van der Waals surface area contributed by atoms with Crippen molar-refractivity contribution in [2.75, 3.05) is 19.7 Å². The summed E-state index contributed by atoms with van der Waals surface area (Å²) in [5.74, 6) is 0.712. The van der Waals surface area contributed by atoms with E-state index in [1.54, 1.807) is 0 Å². The molecule has 2 N–H and O–H groups in total. The van der Waals surface area contributed by atoms with Crippen LogP contribution in [0.2, 0.25) is 0 Å². The highest BCUT2D eigenvalue weighted by molar-refractivity contribution is 7.87. The summed E-state index contributed by atoms with van der Waals surface area (Å²) < 4.78 is 29.2. The van der Waals surface area contributed by atoms with E-state index in [0.717, 1.165) is 12.0 Å². The second-order valence-electron chi connectivity index (χ2n) is 6.03. The second kappa shape index (κ2) is 6.87. The van der Waals surface area contributed by atoms with Gasteiger partial charge in [0.2, 0.25) is 0 Å². The molecule has 0 saturated carbocycles. The molecule has 1 heterocycles. The zero-order valence-corrected chi connectivity index (χ0v) is 13.4. The predicted octanol–water partition coefficient (Wildman–Crippen LogP) is 1.53. The van der Waals surface area contributed by atoms with Crippen molar-refractivity contribution >= 4 is 10.2 Å². The van der Waals surface area contributed by atoms with Crippen LogP contribution in [0.15, 0.2) is 30.3 Å². The monoisotopic (exact) mass is 312 g/mol. The highest BCUT2D eigenvalue weighted by atomic mass is 32.2. The molecule has 0 aliphatic carbocycles. The maximum atomic E-state index is 12.5. The number of rotatable bonds is 5. The summed E-state index contributed by atoms with van der Waals surface area (Å²) in [6.45, 7) is 4.94. The van der Waals surface area contributed by atoms with Gasteiger partial charge in [-0.15, -0.1) is 0 Å². The smallest absolute Gasteiger partial charge is 0.280 e. The van der Waals surface area contributed by atoms with Crippen LogP contribution < -0.4 is 4.72 Å². The number of piperidine rings is 1. The summed E-state index contributed by atoms with van der Waals surface area (Å²) in [6.07, 6.45) is 1.05. The first-order chi connectivity index (χ1) is 9.92. The number of hydrogen-bond acceptors (Lipinski definition) is 3. The Kier molecular flexibility index (Phi) is 5.37. The molecule has 0 spiro atoms. The first-order valence-electron chi connectivity index (χ1n) is 7.35. The van der Waals surface area contributed by atoms with E-state index in [1.165, 1.54) is 4.31 Å². The van der Waals surface area contributed by atoms with Gasteiger partial charge in [-0.2, -0.15) is 17.4 Å². The molecule has 0 amide bonds. The van der Waals surface area contributed by atoms with Gasteiger partial charge in [0.25, 0.3) is 10.2 Å². The third-order valence-electron chi connectivity index (χ3n) is 3.85. The van der Waals surface area contributed by atoms with Crippen LogP contribution in [0.1, 0.15) is 31.9 Å². The Morgan fingerprint density at radius 1 is 1.24 bits per heavy atom. The molecule has 1 fully saturated rings. The third kappa shape index (κ3) is 4.26. The number of nitrogens with zero attached hydrogens (tertiary/aromatic N) is 1. The van der Waals surface area contributed by atoms with E-state index in [1.807, 2.05) is 30.3 Å².